The molecule has 0 saturated heterocycles. The van der Waals surface area contributed by atoms with Crippen molar-refractivity contribution in [3.8, 4) is 22.8 Å². The summed E-state index contributed by atoms with van der Waals surface area (Å²) in [5.41, 5.74) is 2.37. The van der Waals surface area contributed by atoms with Crippen LogP contribution in [0.25, 0.3) is 17.1 Å². The second-order valence-electron chi connectivity index (χ2n) is 5.22. The van der Waals surface area contributed by atoms with E-state index in [0.29, 0.717) is 17.9 Å². The molecule has 1 N–H and O–H groups in total. The molecule has 0 aliphatic carbocycles. The van der Waals surface area contributed by atoms with Crippen LogP contribution in [-0.2, 0) is 6.42 Å². The van der Waals surface area contributed by atoms with E-state index >= 15 is 0 Å². The summed E-state index contributed by atoms with van der Waals surface area (Å²) in [6, 6.07) is 12.8. The van der Waals surface area contributed by atoms with E-state index in [1.165, 1.54) is 35.3 Å². The van der Waals surface area contributed by atoms with Gasteiger partial charge >= 0.3 is 6.36 Å². The number of alkyl halides is 3. The largest absolute Gasteiger partial charge is 0.573 e. The Kier molecular flexibility index (Phi) is 4.71. The van der Waals surface area contributed by atoms with Crippen LogP contribution in [0.4, 0.5) is 13.2 Å². The van der Waals surface area contributed by atoms with Crippen molar-refractivity contribution >= 4 is 0 Å². The minimum absolute atomic E-state index is 0.0836. The third-order valence-electron chi connectivity index (χ3n) is 3.44. The number of aliphatic hydroxyl groups is 1. The number of aromatic nitrogens is 3. The molecule has 3 rings (SSSR count). The van der Waals surface area contributed by atoms with E-state index in [9.17, 15) is 13.2 Å². The fraction of sp³-hybridized carbons (Fsp3) is 0.176. The molecule has 0 atom stereocenters. The van der Waals surface area contributed by atoms with Crippen molar-refractivity contribution in [2.75, 3.05) is 6.61 Å². The van der Waals surface area contributed by atoms with Crippen molar-refractivity contribution in [2.24, 2.45) is 0 Å². The average molecular weight is 349 g/mol. The first-order chi connectivity index (χ1) is 11.9. The smallest absolute Gasteiger partial charge is 0.406 e. The number of aliphatic hydroxyl groups excluding tert-OH is 1. The van der Waals surface area contributed by atoms with E-state index in [0.717, 1.165) is 11.1 Å². The van der Waals surface area contributed by atoms with Gasteiger partial charge in [0.25, 0.3) is 0 Å². The number of rotatable bonds is 5. The molecule has 5 nitrogen and oxygen atoms in total. The van der Waals surface area contributed by atoms with Gasteiger partial charge in [-0.15, -0.1) is 18.3 Å². The number of halogens is 3. The van der Waals surface area contributed by atoms with Crippen molar-refractivity contribution in [3.63, 3.8) is 0 Å². The zero-order valence-corrected chi connectivity index (χ0v) is 12.9. The fourth-order valence-electron chi connectivity index (χ4n) is 2.27. The van der Waals surface area contributed by atoms with Crippen LogP contribution in [0.15, 0.2) is 54.9 Å². The van der Waals surface area contributed by atoms with E-state index < -0.39 is 6.36 Å². The Hall–Kier alpha value is -2.87. The molecule has 0 aliphatic heterocycles. The van der Waals surface area contributed by atoms with Crippen molar-refractivity contribution < 1.29 is 23.0 Å². The zero-order valence-electron chi connectivity index (χ0n) is 12.9. The van der Waals surface area contributed by atoms with Crippen LogP contribution < -0.4 is 4.74 Å². The van der Waals surface area contributed by atoms with Gasteiger partial charge in [-0.2, -0.15) is 0 Å². The van der Waals surface area contributed by atoms with Crippen LogP contribution in [0.2, 0.25) is 0 Å². The Morgan fingerprint density at radius 2 is 1.68 bits per heavy atom. The molecule has 2 aromatic carbocycles. The Balaban J connectivity index is 1.76. The van der Waals surface area contributed by atoms with Crippen LogP contribution in [-0.4, -0.2) is 32.8 Å². The lowest BCUT2D eigenvalue weighted by atomic mass is 10.1. The number of benzene rings is 2. The number of hydrogen-bond acceptors (Lipinski definition) is 4. The second-order valence-corrected chi connectivity index (χ2v) is 5.22. The Morgan fingerprint density at radius 1 is 1.00 bits per heavy atom. The van der Waals surface area contributed by atoms with Gasteiger partial charge in [0.15, 0.2) is 5.82 Å². The summed E-state index contributed by atoms with van der Waals surface area (Å²) in [6.07, 6.45) is -2.66. The lowest BCUT2D eigenvalue weighted by Crippen LogP contribution is -2.17. The van der Waals surface area contributed by atoms with Gasteiger partial charge in [0.05, 0.1) is 5.69 Å². The monoisotopic (exact) mass is 349 g/mol. The minimum Gasteiger partial charge on any atom is -0.406 e. The van der Waals surface area contributed by atoms with Gasteiger partial charge in [0.2, 0.25) is 0 Å². The first kappa shape index (κ1) is 17.0. The lowest BCUT2D eigenvalue weighted by molar-refractivity contribution is -0.274. The first-order valence-corrected chi connectivity index (χ1v) is 7.42. The summed E-state index contributed by atoms with van der Waals surface area (Å²) < 4.78 is 41.8. The van der Waals surface area contributed by atoms with Crippen LogP contribution in [0.1, 0.15) is 5.56 Å². The van der Waals surface area contributed by atoms with Crippen LogP contribution in [0.3, 0.4) is 0 Å². The standard InChI is InChI=1S/C17H14F3N3O2/c18-17(19,20)25-15-7-5-14(6-8-15)23-11-21-16(22-23)13-3-1-12(2-4-13)9-10-24/h1-8,11,24H,9-10H2. The minimum atomic E-state index is -4.72. The summed E-state index contributed by atoms with van der Waals surface area (Å²) in [5.74, 6) is 0.197. The van der Waals surface area contributed by atoms with Crippen molar-refractivity contribution in [1.82, 2.24) is 14.8 Å². The van der Waals surface area contributed by atoms with Gasteiger partial charge in [0.1, 0.15) is 12.1 Å². The molecule has 0 fully saturated rings. The van der Waals surface area contributed by atoms with E-state index in [2.05, 4.69) is 14.8 Å². The zero-order chi connectivity index (χ0) is 17.9. The highest BCUT2D eigenvalue weighted by atomic mass is 19.4. The van der Waals surface area contributed by atoms with Crippen LogP contribution in [0.5, 0.6) is 5.75 Å². The molecular formula is C17H14F3N3O2. The predicted molar refractivity (Wildman–Crippen MR) is 84.3 cm³/mol. The molecule has 0 aliphatic rings. The molecule has 0 amide bonds. The summed E-state index contributed by atoms with van der Waals surface area (Å²) in [6.45, 7) is 0.0836. The van der Waals surface area contributed by atoms with Crippen molar-refractivity contribution in [2.45, 2.75) is 12.8 Å². The summed E-state index contributed by atoms with van der Waals surface area (Å²) in [5, 5.41) is 13.2. The summed E-state index contributed by atoms with van der Waals surface area (Å²) in [7, 11) is 0. The molecule has 1 heterocycles. The Bertz CT molecular complexity index is 828. The second kappa shape index (κ2) is 6.94. The van der Waals surface area contributed by atoms with E-state index in [-0.39, 0.29) is 12.4 Å². The Labute approximate surface area is 141 Å². The quantitative estimate of drug-likeness (QED) is 0.767. The highest BCUT2D eigenvalue weighted by molar-refractivity contribution is 5.55. The third-order valence-corrected chi connectivity index (χ3v) is 3.44. The van der Waals surface area contributed by atoms with Gasteiger partial charge in [-0.1, -0.05) is 24.3 Å². The number of hydrogen-bond donors (Lipinski definition) is 1. The van der Waals surface area contributed by atoms with E-state index in [1.54, 1.807) is 0 Å². The normalized spacial score (nSPS) is 11.5. The third kappa shape index (κ3) is 4.36. The SMILES string of the molecule is OCCc1ccc(-c2ncn(-c3ccc(OC(F)(F)F)cc3)n2)cc1. The van der Waals surface area contributed by atoms with E-state index in [4.69, 9.17) is 5.11 Å². The maximum Gasteiger partial charge on any atom is 0.573 e. The molecule has 3 aromatic rings. The molecule has 0 bridgehead atoms. The molecule has 0 saturated carbocycles. The van der Waals surface area contributed by atoms with E-state index in [1.807, 2.05) is 24.3 Å². The maximum atomic E-state index is 12.2. The highest BCUT2D eigenvalue weighted by Crippen LogP contribution is 2.24. The lowest BCUT2D eigenvalue weighted by Gasteiger charge is -2.09. The van der Waals surface area contributed by atoms with Crippen molar-refractivity contribution in [3.05, 3.63) is 60.4 Å². The van der Waals surface area contributed by atoms with Gasteiger partial charge < -0.3 is 9.84 Å². The molecule has 25 heavy (non-hydrogen) atoms. The molecule has 0 unspecified atom stereocenters. The molecule has 0 spiro atoms. The Morgan fingerprint density at radius 3 is 2.28 bits per heavy atom. The topological polar surface area (TPSA) is 60.2 Å². The molecule has 130 valence electrons. The van der Waals surface area contributed by atoms with Gasteiger partial charge in [-0.05, 0) is 36.2 Å². The molecule has 8 heteroatoms. The van der Waals surface area contributed by atoms with Crippen LogP contribution in [0, 0.1) is 0 Å². The maximum absolute atomic E-state index is 12.2. The molecular weight excluding hydrogens is 335 g/mol. The number of nitrogens with zero attached hydrogens (tertiary/aromatic N) is 3. The van der Waals surface area contributed by atoms with Crippen LogP contribution >= 0.6 is 0 Å². The first-order valence-electron chi connectivity index (χ1n) is 7.42. The predicted octanol–water partition coefficient (Wildman–Crippen LogP) is 3.37. The average Bonchev–Trinajstić information content (AvgIpc) is 3.05. The summed E-state index contributed by atoms with van der Waals surface area (Å²) >= 11 is 0. The molecule has 0 radical (unpaired) electrons. The van der Waals surface area contributed by atoms with Gasteiger partial charge in [0, 0.05) is 12.2 Å². The summed E-state index contributed by atoms with van der Waals surface area (Å²) in [4.78, 5) is 4.21. The van der Waals surface area contributed by atoms with Gasteiger partial charge in [-0.25, -0.2) is 9.67 Å². The fourth-order valence-corrected chi connectivity index (χ4v) is 2.27. The molecule has 1 aromatic heterocycles. The van der Waals surface area contributed by atoms with Crippen molar-refractivity contribution in [1.29, 1.82) is 0 Å². The number of ether oxygens (including phenoxy) is 1. The highest BCUT2D eigenvalue weighted by Gasteiger charge is 2.30. The van der Waals surface area contributed by atoms with Gasteiger partial charge in [-0.3, -0.25) is 0 Å².